The van der Waals surface area contributed by atoms with Crippen LogP contribution in [-0.4, -0.2) is 11.7 Å². The Morgan fingerprint density at radius 2 is 1.54 bits per heavy atom. The van der Waals surface area contributed by atoms with Crippen LogP contribution in [0, 0.1) is 0 Å². The first-order valence-corrected chi connectivity index (χ1v) is 9.70. The van der Waals surface area contributed by atoms with Gasteiger partial charge in [-0.05, 0) is 53.0 Å². The number of aryl methyl sites for hydroxylation is 1. The lowest BCUT2D eigenvalue weighted by Gasteiger charge is -2.28. The average molecular weight is 354 g/mol. The highest BCUT2D eigenvalue weighted by Gasteiger charge is 2.24. The van der Waals surface area contributed by atoms with Crippen LogP contribution in [0.15, 0.2) is 42.5 Å². The van der Waals surface area contributed by atoms with Crippen molar-refractivity contribution in [2.75, 3.05) is 6.54 Å². The Balaban J connectivity index is 2.06. The largest absolute Gasteiger partial charge is 0.508 e. The van der Waals surface area contributed by atoms with E-state index in [9.17, 15) is 5.11 Å². The maximum atomic E-state index is 10.7. The zero-order valence-corrected chi connectivity index (χ0v) is 17.3. The average Bonchev–Trinajstić information content (AvgIpc) is 2.54. The van der Waals surface area contributed by atoms with Gasteiger partial charge >= 0.3 is 0 Å². The third-order valence-corrected chi connectivity index (χ3v) is 4.86. The highest BCUT2D eigenvalue weighted by atomic mass is 16.3. The molecule has 0 fully saturated rings. The van der Waals surface area contributed by atoms with Gasteiger partial charge in [0, 0.05) is 12.1 Å². The fourth-order valence-corrected chi connectivity index (χ4v) is 3.22. The van der Waals surface area contributed by atoms with Crippen LogP contribution in [0.2, 0.25) is 0 Å². The monoisotopic (exact) mass is 353 g/mol. The molecule has 0 saturated carbocycles. The minimum Gasteiger partial charge on any atom is -0.508 e. The summed E-state index contributed by atoms with van der Waals surface area (Å²) < 4.78 is 0. The van der Waals surface area contributed by atoms with Crippen molar-refractivity contribution >= 4 is 0 Å². The Labute approximate surface area is 159 Å². The van der Waals surface area contributed by atoms with E-state index in [0.717, 1.165) is 24.9 Å². The van der Waals surface area contributed by atoms with E-state index in [4.69, 9.17) is 0 Å². The number of hydrogen-bond acceptors (Lipinski definition) is 2. The molecule has 26 heavy (non-hydrogen) atoms. The lowest BCUT2D eigenvalue weighted by atomic mass is 9.78. The van der Waals surface area contributed by atoms with Crippen molar-refractivity contribution in [2.45, 2.75) is 71.8 Å². The van der Waals surface area contributed by atoms with E-state index < -0.39 is 0 Å². The van der Waals surface area contributed by atoms with Gasteiger partial charge in [-0.2, -0.15) is 0 Å². The van der Waals surface area contributed by atoms with Crippen LogP contribution in [0.4, 0.5) is 0 Å². The van der Waals surface area contributed by atoms with Gasteiger partial charge in [-0.15, -0.1) is 0 Å². The van der Waals surface area contributed by atoms with E-state index in [1.54, 1.807) is 0 Å². The van der Waals surface area contributed by atoms with Gasteiger partial charge in [0.15, 0.2) is 0 Å². The molecule has 0 atom stereocenters. The summed E-state index contributed by atoms with van der Waals surface area (Å²) in [5.74, 6) is 0.415. The summed E-state index contributed by atoms with van der Waals surface area (Å²) in [6.07, 6.45) is 2.17. The summed E-state index contributed by atoms with van der Waals surface area (Å²) in [6, 6.07) is 14.8. The lowest BCUT2D eigenvalue weighted by molar-refractivity contribution is 0.452. The van der Waals surface area contributed by atoms with E-state index in [1.807, 2.05) is 6.07 Å². The van der Waals surface area contributed by atoms with Crippen molar-refractivity contribution in [1.29, 1.82) is 0 Å². The van der Waals surface area contributed by atoms with E-state index in [2.05, 4.69) is 83.3 Å². The summed E-state index contributed by atoms with van der Waals surface area (Å²) in [6.45, 7) is 14.9. The van der Waals surface area contributed by atoms with Gasteiger partial charge in [0.05, 0.1) is 0 Å². The van der Waals surface area contributed by atoms with Crippen LogP contribution in [0.25, 0.3) is 0 Å². The Bertz CT molecular complexity index is 705. The van der Waals surface area contributed by atoms with E-state index in [-0.39, 0.29) is 10.8 Å². The predicted octanol–water partition coefficient (Wildman–Crippen LogP) is 5.71. The molecule has 2 nitrogen and oxygen atoms in total. The molecule has 0 radical (unpaired) electrons. The van der Waals surface area contributed by atoms with Gasteiger partial charge < -0.3 is 10.4 Å². The number of rotatable bonds is 6. The number of hydrogen-bond donors (Lipinski definition) is 2. The number of nitrogens with one attached hydrogen (secondary N) is 1. The molecule has 2 rings (SSSR count). The van der Waals surface area contributed by atoms with Gasteiger partial charge in [0.2, 0.25) is 0 Å². The molecule has 0 heterocycles. The van der Waals surface area contributed by atoms with Gasteiger partial charge in [-0.1, -0.05) is 77.9 Å². The summed E-state index contributed by atoms with van der Waals surface area (Å²) in [5, 5.41) is 14.2. The van der Waals surface area contributed by atoms with Gasteiger partial charge in [-0.25, -0.2) is 0 Å². The van der Waals surface area contributed by atoms with E-state index in [1.165, 1.54) is 16.7 Å². The van der Waals surface area contributed by atoms with Crippen molar-refractivity contribution in [1.82, 2.24) is 5.32 Å². The first-order chi connectivity index (χ1) is 12.1. The summed E-state index contributed by atoms with van der Waals surface area (Å²) in [7, 11) is 0. The van der Waals surface area contributed by atoms with Gasteiger partial charge in [0.1, 0.15) is 5.75 Å². The Morgan fingerprint density at radius 3 is 2.12 bits per heavy atom. The molecule has 0 aromatic heterocycles. The molecule has 2 aromatic carbocycles. The second-order valence-electron chi connectivity index (χ2n) is 9.29. The number of phenolic OH excluding ortho intramolecular Hbond substituents is 1. The smallest absolute Gasteiger partial charge is 0.120 e. The van der Waals surface area contributed by atoms with Crippen LogP contribution < -0.4 is 5.32 Å². The van der Waals surface area contributed by atoms with Crippen LogP contribution in [0.1, 0.15) is 70.2 Å². The van der Waals surface area contributed by atoms with Crippen molar-refractivity contribution in [3.8, 4) is 5.75 Å². The van der Waals surface area contributed by atoms with Gasteiger partial charge in [0.25, 0.3) is 0 Å². The number of benzene rings is 2. The zero-order chi connectivity index (χ0) is 19.4. The highest BCUT2D eigenvalue weighted by Crippen LogP contribution is 2.36. The molecule has 2 heteroatoms. The van der Waals surface area contributed by atoms with Crippen molar-refractivity contribution in [2.24, 2.45) is 0 Å². The van der Waals surface area contributed by atoms with Crippen molar-refractivity contribution < 1.29 is 5.11 Å². The van der Waals surface area contributed by atoms with E-state index >= 15 is 0 Å². The van der Waals surface area contributed by atoms with E-state index in [0.29, 0.717) is 12.3 Å². The molecule has 0 aliphatic heterocycles. The molecule has 2 N–H and O–H groups in total. The van der Waals surface area contributed by atoms with Gasteiger partial charge in [-0.3, -0.25) is 0 Å². The number of aromatic hydroxyl groups is 1. The normalized spacial score (nSPS) is 12.4. The predicted molar refractivity (Wildman–Crippen MR) is 112 cm³/mol. The molecule has 0 saturated heterocycles. The molecule has 0 unspecified atom stereocenters. The summed E-state index contributed by atoms with van der Waals surface area (Å²) in [4.78, 5) is 0. The molecule has 0 amide bonds. The Kier molecular flexibility index (Phi) is 6.52. The molecule has 0 bridgehead atoms. The SMILES string of the molecule is CC(C)(C)c1cc(O)c(CNCCCc2ccccc2)c(C(C)(C)C)c1. The van der Waals surface area contributed by atoms with Crippen LogP contribution >= 0.6 is 0 Å². The first-order valence-electron chi connectivity index (χ1n) is 9.70. The van der Waals surface area contributed by atoms with Crippen LogP contribution in [-0.2, 0) is 23.8 Å². The maximum absolute atomic E-state index is 10.7. The standard InChI is InChI=1S/C24H35NO/c1-23(2,3)19-15-21(24(4,5)6)20(22(26)16-19)17-25-14-10-13-18-11-8-7-9-12-18/h7-9,11-12,15-16,25-26H,10,13-14,17H2,1-6H3. The van der Waals surface area contributed by atoms with Crippen LogP contribution in [0.3, 0.4) is 0 Å². The second kappa shape index (κ2) is 8.26. The topological polar surface area (TPSA) is 32.3 Å². The molecular formula is C24H35NO. The quantitative estimate of drug-likeness (QED) is 0.652. The van der Waals surface area contributed by atoms with Crippen molar-refractivity contribution in [3.63, 3.8) is 0 Å². The second-order valence-corrected chi connectivity index (χ2v) is 9.29. The molecule has 0 aliphatic carbocycles. The minimum absolute atomic E-state index is 0.000206. The summed E-state index contributed by atoms with van der Waals surface area (Å²) >= 11 is 0. The third-order valence-electron chi connectivity index (χ3n) is 4.86. The molecular weight excluding hydrogens is 318 g/mol. The molecule has 0 aliphatic rings. The maximum Gasteiger partial charge on any atom is 0.120 e. The minimum atomic E-state index is -0.000206. The molecule has 142 valence electrons. The zero-order valence-electron chi connectivity index (χ0n) is 17.3. The molecule has 2 aromatic rings. The fraction of sp³-hybridized carbons (Fsp3) is 0.500. The Morgan fingerprint density at radius 1 is 0.885 bits per heavy atom. The third kappa shape index (κ3) is 5.60. The Hall–Kier alpha value is -1.80. The number of phenols is 1. The summed E-state index contributed by atoms with van der Waals surface area (Å²) in [5.41, 5.74) is 4.86. The fourth-order valence-electron chi connectivity index (χ4n) is 3.22. The van der Waals surface area contributed by atoms with Crippen LogP contribution in [0.5, 0.6) is 5.75 Å². The van der Waals surface area contributed by atoms with Crippen molar-refractivity contribution in [3.05, 3.63) is 64.7 Å². The lowest BCUT2D eigenvalue weighted by Crippen LogP contribution is -2.22. The first kappa shape index (κ1) is 20.5. The molecule has 0 spiro atoms. The highest BCUT2D eigenvalue weighted by molar-refractivity contribution is 5.47.